The molecule has 0 aromatic carbocycles. The summed E-state index contributed by atoms with van der Waals surface area (Å²) in [6.07, 6.45) is 6.33. The van der Waals surface area contributed by atoms with Gasteiger partial charge in [-0.2, -0.15) is 0 Å². The lowest BCUT2D eigenvalue weighted by Gasteiger charge is -2.24. The maximum Gasteiger partial charge on any atom is 0.118 e. The Bertz CT molecular complexity index is 253. The van der Waals surface area contributed by atoms with Gasteiger partial charge in [-0.15, -0.1) is 0 Å². The van der Waals surface area contributed by atoms with Crippen molar-refractivity contribution < 1.29 is 4.74 Å². The van der Waals surface area contributed by atoms with Gasteiger partial charge in [0.25, 0.3) is 0 Å². The molecule has 0 saturated heterocycles. The van der Waals surface area contributed by atoms with Gasteiger partial charge >= 0.3 is 0 Å². The molecule has 1 rings (SSSR count). The minimum Gasteiger partial charge on any atom is -0.361 e. The fourth-order valence-corrected chi connectivity index (χ4v) is 2.16. The van der Waals surface area contributed by atoms with Crippen LogP contribution in [0.5, 0.6) is 0 Å². The van der Waals surface area contributed by atoms with Gasteiger partial charge in [-0.3, -0.25) is 0 Å². The zero-order valence-corrected chi connectivity index (χ0v) is 11.4. The van der Waals surface area contributed by atoms with E-state index in [4.69, 9.17) is 4.74 Å². The van der Waals surface area contributed by atoms with Gasteiger partial charge in [0, 0.05) is 27.4 Å². The molecule has 0 N–H and O–H groups in total. The van der Waals surface area contributed by atoms with Crippen LogP contribution in [0.25, 0.3) is 0 Å². The molecule has 15 heavy (non-hydrogen) atoms. The molecule has 0 fully saturated rings. The third kappa shape index (κ3) is 5.80. The van der Waals surface area contributed by atoms with E-state index in [1.54, 1.807) is 0 Å². The van der Waals surface area contributed by atoms with Crippen LogP contribution in [0, 0.1) is 0 Å². The van der Waals surface area contributed by atoms with Crippen molar-refractivity contribution in [2.24, 2.45) is 0 Å². The minimum absolute atomic E-state index is 0.728. The molecule has 86 valence electrons. The molecule has 0 spiro atoms. The minimum atomic E-state index is -0.930. The Labute approximate surface area is 94.6 Å². The van der Waals surface area contributed by atoms with E-state index in [1.165, 1.54) is 11.6 Å². The van der Waals surface area contributed by atoms with Crippen molar-refractivity contribution >= 4 is 8.07 Å². The van der Waals surface area contributed by atoms with E-state index in [-0.39, 0.29) is 0 Å². The summed E-state index contributed by atoms with van der Waals surface area (Å²) in [5, 5.41) is 0. The molecule has 0 aromatic heterocycles. The van der Waals surface area contributed by atoms with Crippen LogP contribution in [-0.2, 0) is 4.74 Å². The van der Waals surface area contributed by atoms with E-state index in [0.29, 0.717) is 0 Å². The molecule has 2 nitrogen and oxygen atoms in total. The van der Waals surface area contributed by atoms with Gasteiger partial charge in [0.1, 0.15) is 6.73 Å². The van der Waals surface area contributed by atoms with Crippen LogP contribution in [-0.4, -0.2) is 32.9 Å². The van der Waals surface area contributed by atoms with Gasteiger partial charge in [0.15, 0.2) is 0 Å². The summed E-state index contributed by atoms with van der Waals surface area (Å²) in [5.74, 6) is 0. The molecule has 0 unspecified atom stereocenters. The maximum atomic E-state index is 5.68. The highest BCUT2D eigenvalue weighted by Gasteiger charge is 2.12. The first kappa shape index (κ1) is 12.5. The van der Waals surface area contributed by atoms with Crippen molar-refractivity contribution in [3.63, 3.8) is 0 Å². The first-order chi connectivity index (χ1) is 6.97. The third-order valence-corrected chi connectivity index (χ3v) is 4.09. The third-order valence-electron chi connectivity index (χ3n) is 2.38. The predicted molar refractivity (Wildman–Crippen MR) is 68.6 cm³/mol. The standard InChI is InChI=1S/C12H23NOSi/c1-12-6-5-7-13(10-12)11-14-8-9-15(2,3)4/h5-7H,8-11H2,1-4H3. The number of hydrogen-bond donors (Lipinski definition) is 0. The Hall–Kier alpha value is -0.543. The first-order valence-electron chi connectivity index (χ1n) is 5.63. The molecule has 0 bridgehead atoms. The number of rotatable bonds is 5. The molecule has 1 aliphatic heterocycles. The molecule has 0 amide bonds. The first-order valence-corrected chi connectivity index (χ1v) is 9.34. The predicted octanol–water partition coefficient (Wildman–Crippen LogP) is 3.07. The van der Waals surface area contributed by atoms with Gasteiger partial charge in [-0.1, -0.05) is 31.3 Å². The average molecular weight is 225 g/mol. The lowest BCUT2D eigenvalue weighted by atomic mass is 10.2. The van der Waals surface area contributed by atoms with Crippen LogP contribution in [0.4, 0.5) is 0 Å². The molecule has 0 radical (unpaired) electrons. The quantitative estimate of drug-likeness (QED) is 0.527. The van der Waals surface area contributed by atoms with E-state index in [9.17, 15) is 0 Å². The Morgan fingerprint density at radius 2 is 2.13 bits per heavy atom. The molecule has 0 aliphatic carbocycles. The van der Waals surface area contributed by atoms with Gasteiger partial charge in [0.2, 0.25) is 0 Å². The summed E-state index contributed by atoms with van der Waals surface area (Å²) in [5.41, 5.74) is 1.39. The molecule has 1 aliphatic rings. The van der Waals surface area contributed by atoms with E-state index in [0.717, 1.165) is 19.9 Å². The summed E-state index contributed by atoms with van der Waals surface area (Å²) >= 11 is 0. The van der Waals surface area contributed by atoms with Crippen molar-refractivity contribution in [1.29, 1.82) is 0 Å². The van der Waals surface area contributed by atoms with Crippen LogP contribution in [0.2, 0.25) is 25.7 Å². The van der Waals surface area contributed by atoms with Crippen molar-refractivity contribution in [1.82, 2.24) is 4.90 Å². The maximum absolute atomic E-state index is 5.68. The second-order valence-electron chi connectivity index (χ2n) is 5.45. The fraction of sp³-hybridized carbons (Fsp3) is 0.667. The Morgan fingerprint density at radius 1 is 1.40 bits per heavy atom. The summed E-state index contributed by atoms with van der Waals surface area (Å²) in [6.45, 7) is 11.9. The molecule has 3 heteroatoms. The molecule has 0 atom stereocenters. The molecule has 0 aromatic rings. The van der Waals surface area contributed by atoms with Crippen molar-refractivity contribution in [3.8, 4) is 0 Å². The topological polar surface area (TPSA) is 12.5 Å². The number of hydrogen-bond acceptors (Lipinski definition) is 2. The van der Waals surface area contributed by atoms with Crippen LogP contribution in [0.15, 0.2) is 23.9 Å². The Balaban J connectivity index is 2.12. The summed E-state index contributed by atoms with van der Waals surface area (Å²) in [7, 11) is -0.930. The van der Waals surface area contributed by atoms with Crippen LogP contribution >= 0.6 is 0 Å². The second kappa shape index (κ2) is 5.52. The number of nitrogens with zero attached hydrogens (tertiary/aromatic N) is 1. The monoisotopic (exact) mass is 225 g/mol. The average Bonchev–Trinajstić information content (AvgIpc) is 2.11. The van der Waals surface area contributed by atoms with Gasteiger partial charge in [0.05, 0.1) is 0 Å². The lowest BCUT2D eigenvalue weighted by Crippen LogP contribution is -2.27. The highest BCUT2D eigenvalue weighted by atomic mass is 28.3. The van der Waals surface area contributed by atoms with E-state index in [2.05, 4.69) is 49.8 Å². The number of allylic oxidation sites excluding steroid dienone is 2. The van der Waals surface area contributed by atoms with Crippen LogP contribution < -0.4 is 0 Å². The largest absolute Gasteiger partial charge is 0.361 e. The normalized spacial score (nSPS) is 16.8. The van der Waals surface area contributed by atoms with Crippen LogP contribution in [0.1, 0.15) is 6.92 Å². The highest BCUT2D eigenvalue weighted by Crippen LogP contribution is 2.09. The van der Waals surface area contributed by atoms with Crippen LogP contribution in [0.3, 0.4) is 0 Å². The smallest absolute Gasteiger partial charge is 0.118 e. The van der Waals surface area contributed by atoms with Gasteiger partial charge in [-0.05, 0) is 19.0 Å². The summed E-state index contributed by atoms with van der Waals surface area (Å²) in [6, 6.07) is 1.25. The van der Waals surface area contributed by atoms with Gasteiger partial charge < -0.3 is 9.64 Å². The summed E-state index contributed by atoms with van der Waals surface area (Å²) < 4.78 is 5.68. The molecular weight excluding hydrogens is 202 g/mol. The zero-order chi connectivity index (χ0) is 11.3. The lowest BCUT2D eigenvalue weighted by molar-refractivity contribution is 0.0660. The van der Waals surface area contributed by atoms with E-state index in [1.807, 2.05) is 0 Å². The molecular formula is C12H23NOSi. The van der Waals surface area contributed by atoms with E-state index >= 15 is 0 Å². The molecule has 1 heterocycles. The molecule has 0 saturated carbocycles. The zero-order valence-electron chi connectivity index (χ0n) is 10.4. The SMILES string of the molecule is CC1=CC=CN(COCC[Si](C)(C)C)C1. The second-order valence-corrected chi connectivity index (χ2v) is 11.1. The van der Waals surface area contributed by atoms with Crippen molar-refractivity contribution in [3.05, 3.63) is 23.9 Å². The Morgan fingerprint density at radius 3 is 2.73 bits per heavy atom. The highest BCUT2D eigenvalue weighted by molar-refractivity contribution is 6.76. The summed E-state index contributed by atoms with van der Waals surface area (Å²) in [4.78, 5) is 2.21. The van der Waals surface area contributed by atoms with Gasteiger partial charge in [-0.25, -0.2) is 0 Å². The van der Waals surface area contributed by atoms with Crippen molar-refractivity contribution in [2.45, 2.75) is 32.6 Å². The Kier molecular flexibility index (Phi) is 4.61. The van der Waals surface area contributed by atoms with Crippen molar-refractivity contribution in [2.75, 3.05) is 19.9 Å². The fourth-order valence-electron chi connectivity index (χ4n) is 1.40. The number of ether oxygens (including phenoxy) is 1. The van der Waals surface area contributed by atoms with E-state index < -0.39 is 8.07 Å².